The number of aliphatic hydroxyl groups excluding tert-OH is 2. The first-order valence-electron chi connectivity index (χ1n) is 8.12. The van der Waals surface area contributed by atoms with Crippen LogP contribution in [-0.2, 0) is 24.0 Å². The molecule has 1 saturated heterocycles. The minimum absolute atomic E-state index is 0.0812. The Morgan fingerprint density at radius 2 is 2.17 bits per heavy atom. The van der Waals surface area contributed by atoms with Gasteiger partial charge in [0.05, 0.1) is 12.6 Å². The van der Waals surface area contributed by atoms with Crippen molar-refractivity contribution in [2.45, 2.75) is 30.6 Å². The summed E-state index contributed by atoms with van der Waals surface area (Å²) in [6.07, 6.45) is -3.04. The van der Waals surface area contributed by atoms with Crippen molar-refractivity contribution in [3.63, 3.8) is 0 Å². The molecule has 158 valence electrons. The Hall–Kier alpha value is -2.08. The quantitative estimate of drug-likeness (QED) is 0.166. The Kier molecular flexibility index (Phi) is 6.22. The lowest BCUT2D eigenvalue weighted by Crippen LogP contribution is -2.45. The van der Waals surface area contributed by atoms with Gasteiger partial charge in [-0.15, -0.1) is 4.99 Å². The van der Waals surface area contributed by atoms with Crippen LogP contribution in [0.15, 0.2) is 15.0 Å². The number of amides is 1. The molecule has 1 fully saturated rings. The van der Waals surface area contributed by atoms with Gasteiger partial charge in [-0.3, -0.25) is 14.4 Å². The van der Waals surface area contributed by atoms with Crippen LogP contribution in [-0.4, -0.2) is 102 Å². The second kappa shape index (κ2) is 8.34. The zero-order chi connectivity index (χ0) is 21.3. The number of hydrogen-bond acceptors (Lipinski definition) is 12. The Bertz CT molecular complexity index is 945. The zero-order valence-electron chi connectivity index (χ0n) is 14.6. The van der Waals surface area contributed by atoms with Gasteiger partial charge in [0, 0.05) is 5.75 Å². The van der Waals surface area contributed by atoms with Gasteiger partial charge < -0.3 is 20.7 Å². The van der Waals surface area contributed by atoms with Crippen LogP contribution in [0.5, 0.6) is 0 Å². The van der Waals surface area contributed by atoms with Crippen molar-refractivity contribution in [3.8, 4) is 0 Å². The number of carbonyl (C=O) groups excluding carboxylic acids is 1. The summed E-state index contributed by atoms with van der Waals surface area (Å²) in [7, 11) is -4.53. The van der Waals surface area contributed by atoms with Gasteiger partial charge in [0.1, 0.15) is 18.3 Å². The normalized spacial score (nSPS) is 29.8. The van der Waals surface area contributed by atoms with Crippen LogP contribution in [0.1, 0.15) is 0 Å². The van der Waals surface area contributed by atoms with E-state index in [2.05, 4.69) is 31.8 Å². The third-order valence-corrected chi connectivity index (χ3v) is 5.41. The number of aliphatic hydroxyl groups is 2. The lowest BCUT2D eigenvalue weighted by Gasteiger charge is -2.16. The molecule has 16 heteroatoms. The van der Waals surface area contributed by atoms with E-state index in [1.54, 1.807) is 4.72 Å². The number of nitrogens with two attached hydrogens (primary N) is 1. The molecule has 0 spiro atoms. The van der Waals surface area contributed by atoms with Crippen LogP contribution in [0.4, 0.5) is 0 Å². The second-order valence-corrected chi connectivity index (χ2v) is 7.80. The number of nitrogens with zero attached hydrogens (tertiary/aromatic N) is 4. The van der Waals surface area contributed by atoms with E-state index < -0.39 is 53.4 Å². The Morgan fingerprint density at radius 3 is 2.86 bits per heavy atom. The van der Waals surface area contributed by atoms with E-state index in [0.717, 1.165) is 6.34 Å². The molecule has 0 bridgehead atoms. The van der Waals surface area contributed by atoms with Crippen molar-refractivity contribution >= 4 is 58.9 Å². The molecule has 0 aliphatic carbocycles. The number of rotatable bonds is 7. The second-order valence-electron chi connectivity index (χ2n) is 6.09. The average molecular weight is 448 g/mol. The molecule has 0 unspecified atom stereocenters. The molecule has 3 aliphatic rings. The molecule has 0 saturated carbocycles. The molecule has 3 rings (SSSR count). The Balaban J connectivity index is 1.64. The average Bonchev–Trinajstić information content (AvgIpc) is 3.22. The lowest BCUT2D eigenvalue weighted by molar-refractivity contribution is -0.517. The first-order valence-corrected chi connectivity index (χ1v) is 10.2. The van der Waals surface area contributed by atoms with Gasteiger partial charge in [-0.25, -0.2) is 9.30 Å². The van der Waals surface area contributed by atoms with E-state index in [4.69, 9.17) is 15.9 Å². The number of ether oxygens (including phenoxy) is 1. The van der Waals surface area contributed by atoms with Crippen molar-refractivity contribution < 1.29 is 36.9 Å². The van der Waals surface area contributed by atoms with E-state index in [1.165, 1.54) is 10.9 Å². The molecule has 3 aliphatic heterocycles. The van der Waals surface area contributed by atoms with Gasteiger partial charge in [0.25, 0.3) is 11.6 Å². The molecule has 5 atom stereocenters. The maximum Gasteiger partial charge on any atom is 0.362 e. The fourth-order valence-electron chi connectivity index (χ4n) is 2.60. The smallest absolute Gasteiger partial charge is 0.362 e. The van der Waals surface area contributed by atoms with Gasteiger partial charge in [-0.2, -0.15) is 26.0 Å². The summed E-state index contributed by atoms with van der Waals surface area (Å²) in [6, 6.07) is -1.16. The van der Waals surface area contributed by atoms with Crippen LogP contribution in [0.3, 0.4) is 0 Å². The minimum Gasteiger partial charge on any atom is -0.387 e. The highest BCUT2D eigenvalue weighted by Gasteiger charge is 2.50. The summed E-state index contributed by atoms with van der Waals surface area (Å²) in [5.41, 5.74) is 5.53. The predicted octanol–water partition coefficient (Wildman–Crippen LogP) is -4.02. The summed E-state index contributed by atoms with van der Waals surface area (Å²) in [5.74, 6) is -1.05. The largest absolute Gasteiger partial charge is 0.387 e. The van der Waals surface area contributed by atoms with E-state index >= 15 is 0 Å². The van der Waals surface area contributed by atoms with E-state index in [-0.39, 0.29) is 23.1 Å². The van der Waals surface area contributed by atoms with Crippen molar-refractivity contribution in [1.29, 1.82) is 5.41 Å². The maximum atomic E-state index is 11.8. The van der Waals surface area contributed by atoms with Crippen molar-refractivity contribution in [2.24, 2.45) is 20.7 Å². The van der Waals surface area contributed by atoms with Gasteiger partial charge in [0.2, 0.25) is 12.6 Å². The number of hydrogen-bond donors (Lipinski definition) is 6. The highest BCUT2D eigenvalue weighted by atomic mass is 32.2. The number of thiol groups is 1. The molecule has 14 nitrogen and oxygen atoms in total. The molecule has 1 amide bonds. The standard InChI is InChI=1S/C13H17N7O7S2/c14-5(2-28)12(23)19-29(24,25)26-1-6-8(21)9(22)13(27-6)20-4-18-7-10(15)16-3-17-11(7)20/h3-6,8-9,13,15,21-22H,1-2,14H2,(H-,19,23,28)/p+1/t5-,6+,8+,9+,13+/m0/s1. The lowest BCUT2D eigenvalue weighted by atomic mass is 10.1. The van der Waals surface area contributed by atoms with Crippen molar-refractivity contribution in [3.05, 3.63) is 0 Å². The number of amidine groups is 2. The SMILES string of the molecule is N=C1N=CN=C2C1=NC=[N+]2[C@@H]1O[C@H](COS(=O)(=O)NC(=O)[C@@H](N)CS)[C@@H](O)[C@H]1O. The fourth-order valence-corrected chi connectivity index (χ4v) is 3.54. The molecule has 6 N–H and O–H groups in total. The molecule has 29 heavy (non-hydrogen) atoms. The van der Waals surface area contributed by atoms with E-state index in [1.807, 2.05) is 0 Å². The molecule has 0 aromatic rings. The molecule has 0 aromatic carbocycles. The summed E-state index contributed by atoms with van der Waals surface area (Å²) in [5, 5.41) is 28.2. The van der Waals surface area contributed by atoms with Gasteiger partial charge >= 0.3 is 16.1 Å². The monoisotopic (exact) mass is 448 g/mol. The summed E-state index contributed by atoms with van der Waals surface area (Å²) >= 11 is 3.79. The molecular weight excluding hydrogens is 430 g/mol. The van der Waals surface area contributed by atoms with E-state index in [9.17, 15) is 23.4 Å². The van der Waals surface area contributed by atoms with Gasteiger partial charge in [-0.1, -0.05) is 4.99 Å². The zero-order valence-corrected chi connectivity index (χ0v) is 16.3. The summed E-state index contributed by atoms with van der Waals surface area (Å²) in [6.45, 7) is -0.696. The first-order chi connectivity index (χ1) is 13.6. The van der Waals surface area contributed by atoms with Crippen LogP contribution in [0.2, 0.25) is 0 Å². The summed E-state index contributed by atoms with van der Waals surface area (Å²) in [4.78, 5) is 23.2. The number of fused-ring (bicyclic) bond motifs is 1. The highest BCUT2D eigenvalue weighted by molar-refractivity contribution is 7.85. The third kappa shape index (κ3) is 4.42. The number of carbonyl (C=O) groups is 1. The topological polar surface area (TPSA) is 212 Å². The Morgan fingerprint density at radius 1 is 1.45 bits per heavy atom. The predicted molar refractivity (Wildman–Crippen MR) is 103 cm³/mol. The Labute approximate surface area is 170 Å². The van der Waals surface area contributed by atoms with Crippen LogP contribution in [0.25, 0.3) is 0 Å². The van der Waals surface area contributed by atoms with Gasteiger partial charge in [-0.05, 0) is 0 Å². The van der Waals surface area contributed by atoms with Crippen LogP contribution < -0.4 is 10.5 Å². The third-order valence-electron chi connectivity index (χ3n) is 4.12. The maximum absolute atomic E-state index is 11.8. The molecule has 3 heterocycles. The molecule has 0 radical (unpaired) electrons. The highest BCUT2D eigenvalue weighted by Crippen LogP contribution is 2.24. The number of aliphatic imine (C=N–C) groups is 3. The van der Waals surface area contributed by atoms with Crippen molar-refractivity contribution in [2.75, 3.05) is 12.4 Å². The van der Waals surface area contributed by atoms with E-state index in [0.29, 0.717) is 0 Å². The van der Waals surface area contributed by atoms with Crippen molar-refractivity contribution in [1.82, 2.24) is 4.72 Å². The molecular formula is C13H18N7O7S2+. The fraction of sp³-hybridized carbons (Fsp3) is 0.538. The molecule has 0 aromatic heterocycles. The van der Waals surface area contributed by atoms with Crippen LogP contribution >= 0.6 is 12.6 Å². The first kappa shape index (κ1) is 21.6. The van der Waals surface area contributed by atoms with Crippen LogP contribution in [0, 0.1) is 5.41 Å². The summed E-state index contributed by atoms with van der Waals surface area (Å²) < 4.78 is 36.7. The minimum atomic E-state index is -4.53. The number of nitrogens with one attached hydrogen (secondary N) is 2. The van der Waals surface area contributed by atoms with Gasteiger partial charge in [0.15, 0.2) is 12.2 Å².